The van der Waals surface area contributed by atoms with Crippen molar-refractivity contribution in [3.63, 3.8) is 0 Å². The Labute approximate surface area is 188 Å². The van der Waals surface area contributed by atoms with Gasteiger partial charge in [-0.3, -0.25) is 25.0 Å². The molecule has 8 heteroatoms. The molecule has 2 amide bonds. The summed E-state index contributed by atoms with van der Waals surface area (Å²) in [6, 6.07) is 9.53. The van der Waals surface area contributed by atoms with Crippen LogP contribution in [0.1, 0.15) is 13.3 Å². The topological polar surface area (TPSA) is 94.3 Å². The third-order valence-corrected chi connectivity index (χ3v) is 6.04. The van der Waals surface area contributed by atoms with Crippen molar-refractivity contribution < 1.29 is 9.59 Å². The Kier molecular flexibility index (Phi) is 6.41. The van der Waals surface area contributed by atoms with Crippen molar-refractivity contribution in [3.8, 4) is 0 Å². The first kappa shape index (κ1) is 21.8. The summed E-state index contributed by atoms with van der Waals surface area (Å²) in [4.78, 5) is 33.8. The minimum atomic E-state index is -0.465. The molecule has 2 unspecified atom stereocenters. The Morgan fingerprint density at radius 3 is 2.50 bits per heavy atom. The fourth-order valence-electron chi connectivity index (χ4n) is 4.04. The number of nitrogens with two attached hydrogens (primary N) is 1. The molecular weight excluding hydrogens is 404 g/mol. The summed E-state index contributed by atoms with van der Waals surface area (Å²) in [6.45, 7) is 5.35. The molecule has 168 valence electrons. The largest absolute Gasteiger partial charge is 0.366 e. The summed E-state index contributed by atoms with van der Waals surface area (Å²) in [7, 11) is 2.07. The quantitative estimate of drug-likeness (QED) is 0.748. The lowest BCUT2D eigenvalue weighted by Gasteiger charge is -2.33. The normalized spacial score (nSPS) is 25.2. The summed E-state index contributed by atoms with van der Waals surface area (Å²) in [6.07, 6.45) is 7.89. The zero-order valence-corrected chi connectivity index (χ0v) is 18.6. The van der Waals surface area contributed by atoms with Gasteiger partial charge in [0.05, 0.1) is 11.7 Å². The first-order chi connectivity index (χ1) is 15.4. The van der Waals surface area contributed by atoms with Gasteiger partial charge in [0.2, 0.25) is 5.91 Å². The van der Waals surface area contributed by atoms with Crippen molar-refractivity contribution in [3.05, 3.63) is 65.9 Å². The highest BCUT2D eigenvalue weighted by Crippen LogP contribution is 2.24. The molecular formula is C24H30N6O2. The summed E-state index contributed by atoms with van der Waals surface area (Å²) in [5.74, 6) is 0.326. The molecule has 1 fully saturated rings. The Hall–Kier alpha value is -3.39. The lowest BCUT2D eigenvalue weighted by atomic mass is 9.92. The van der Waals surface area contributed by atoms with Crippen LogP contribution >= 0.6 is 0 Å². The maximum Gasteiger partial charge on any atom is 0.253 e. The number of hydrazine groups is 1. The lowest BCUT2D eigenvalue weighted by molar-refractivity contribution is -0.128. The van der Waals surface area contributed by atoms with Crippen LogP contribution < -0.4 is 16.2 Å². The molecule has 4 rings (SSSR count). The minimum Gasteiger partial charge on any atom is -0.366 e. The van der Waals surface area contributed by atoms with Gasteiger partial charge in [0.25, 0.3) is 5.91 Å². The second-order valence-electron chi connectivity index (χ2n) is 8.51. The first-order valence-corrected chi connectivity index (χ1v) is 11.0. The second kappa shape index (κ2) is 9.40. The van der Waals surface area contributed by atoms with Crippen LogP contribution in [0.25, 0.3) is 0 Å². The van der Waals surface area contributed by atoms with Crippen molar-refractivity contribution in [2.24, 2.45) is 16.6 Å². The van der Waals surface area contributed by atoms with E-state index in [-0.39, 0.29) is 17.9 Å². The summed E-state index contributed by atoms with van der Waals surface area (Å²) < 4.78 is 0. The second-order valence-corrected chi connectivity index (χ2v) is 8.51. The summed E-state index contributed by atoms with van der Waals surface area (Å²) in [5, 5.41) is 1.76. The van der Waals surface area contributed by atoms with Gasteiger partial charge in [-0.15, -0.1) is 0 Å². The van der Waals surface area contributed by atoms with E-state index in [1.54, 1.807) is 11.2 Å². The predicted octanol–water partition coefficient (Wildman–Crippen LogP) is 1.44. The lowest BCUT2D eigenvalue weighted by Crippen LogP contribution is -2.47. The number of benzene rings is 1. The van der Waals surface area contributed by atoms with E-state index in [4.69, 9.17) is 10.7 Å². The van der Waals surface area contributed by atoms with Crippen LogP contribution in [0, 0.1) is 5.92 Å². The molecule has 3 aliphatic rings. The number of amidine groups is 1. The molecule has 1 aliphatic carbocycles. The SMILES string of the molecule is CC1C=C(C(=O)N2CCN(C)CC2)C=CC1N=C1CC(C(N)=O)=CN(c2ccccc2)N1. The van der Waals surface area contributed by atoms with Crippen molar-refractivity contribution in [2.75, 3.05) is 38.2 Å². The molecule has 0 radical (unpaired) electrons. The van der Waals surface area contributed by atoms with Gasteiger partial charge in [-0.2, -0.15) is 0 Å². The average molecular weight is 435 g/mol. The number of nitrogens with one attached hydrogen (secondary N) is 1. The van der Waals surface area contributed by atoms with E-state index in [2.05, 4.69) is 24.3 Å². The molecule has 1 saturated heterocycles. The van der Waals surface area contributed by atoms with Crippen LogP contribution in [0.5, 0.6) is 0 Å². The maximum atomic E-state index is 12.9. The number of carbonyl (C=O) groups is 2. The van der Waals surface area contributed by atoms with Gasteiger partial charge in [0.15, 0.2) is 0 Å². The minimum absolute atomic E-state index is 0.0498. The Bertz CT molecular complexity index is 989. The van der Waals surface area contributed by atoms with Gasteiger partial charge in [-0.1, -0.05) is 43.4 Å². The number of piperazine rings is 1. The Morgan fingerprint density at radius 2 is 1.84 bits per heavy atom. The molecule has 2 aliphatic heterocycles. The number of aliphatic imine (C=N–C) groups is 1. The van der Waals surface area contributed by atoms with E-state index in [0.717, 1.165) is 37.4 Å². The molecule has 2 heterocycles. The molecule has 32 heavy (non-hydrogen) atoms. The van der Waals surface area contributed by atoms with Crippen molar-refractivity contribution >= 4 is 23.3 Å². The van der Waals surface area contributed by atoms with Gasteiger partial charge in [0.1, 0.15) is 5.84 Å². The number of primary amides is 1. The summed E-state index contributed by atoms with van der Waals surface area (Å²) >= 11 is 0. The fourth-order valence-corrected chi connectivity index (χ4v) is 4.04. The van der Waals surface area contributed by atoms with Crippen LogP contribution in [-0.4, -0.2) is 66.7 Å². The van der Waals surface area contributed by atoms with Gasteiger partial charge < -0.3 is 15.5 Å². The van der Waals surface area contributed by atoms with Crippen molar-refractivity contribution in [1.29, 1.82) is 0 Å². The van der Waals surface area contributed by atoms with E-state index in [1.165, 1.54) is 0 Å². The van der Waals surface area contributed by atoms with E-state index >= 15 is 0 Å². The first-order valence-electron chi connectivity index (χ1n) is 11.0. The predicted molar refractivity (Wildman–Crippen MR) is 126 cm³/mol. The standard InChI is InChI=1S/C24H30N6O2/c1-17-14-18(24(32)29-12-10-28(2)11-13-29)8-9-21(17)26-22-15-19(23(25)31)16-30(27-22)20-6-4-3-5-7-20/h3-9,14,16-17,21H,10-13,15H2,1-2H3,(H2,25,31)(H,26,27). The fraction of sp³-hybridized carbons (Fsp3) is 0.375. The third kappa shape index (κ3) is 4.91. The highest BCUT2D eigenvalue weighted by molar-refractivity contribution is 6.01. The molecule has 1 aromatic rings. The van der Waals surface area contributed by atoms with E-state index in [9.17, 15) is 9.59 Å². The number of likely N-dealkylation sites (N-methyl/N-ethyl adjacent to an activating group) is 1. The van der Waals surface area contributed by atoms with Gasteiger partial charge in [-0.25, -0.2) is 0 Å². The van der Waals surface area contributed by atoms with Crippen LogP contribution in [0.4, 0.5) is 5.69 Å². The Morgan fingerprint density at radius 1 is 1.12 bits per heavy atom. The molecule has 3 N–H and O–H groups in total. The van der Waals surface area contributed by atoms with Crippen LogP contribution in [0.2, 0.25) is 0 Å². The number of hydrogen-bond donors (Lipinski definition) is 2. The molecule has 2 atom stereocenters. The molecule has 8 nitrogen and oxygen atoms in total. The molecule has 0 spiro atoms. The van der Waals surface area contributed by atoms with E-state index < -0.39 is 5.91 Å². The smallest absolute Gasteiger partial charge is 0.253 e. The van der Waals surface area contributed by atoms with E-state index in [0.29, 0.717) is 17.8 Å². The highest BCUT2D eigenvalue weighted by Gasteiger charge is 2.26. The molecule has 0 saturated carbocycles. The molecule has 0 aromatic heterocycles. The monoisotopic (exact) mass is 434 g/mol. The number of nitrogens with zero attached hydrogens (tertiary/aromatic N) is 4. The maximum absolute atomic E-state index is 12.9. The van der Waals surface area contributed by atoms with Crippen molar-refractivity contribution in [2.45, 2.75) is 19.4 Å². The zero-order chi connectivity index (χ0) is 22.7. The zero-order valence-electron chi connectivity index (χ0n) is 18.6. The number of rotatable bonds is 4. The number of amides is 2. The van der Waals surface area contributed by atoms with Gasteiger partial charge >= 0.3 is 0 Å². The van der Waals surface area contributed by atoms with Crippen LogP contribution in [-0.2, 0) is 9.59 Å². The number of para-hydroxylation sites is 1. The Balaban J connectivity index is 1.48. The van der Waals surface area contributed by atoms with Crippen LogP contribution in [0.3, 0.4) is 0 Å². The third-order valence-electron chi connectivity index (χ3n) is 6.04. The number of hydrogen-bond acceptors (Lipinski definition) is 5. The molecule has 0 bridgehead atoms. The van der Waals surface area contributed by atoms with Gasteiger partial charge in [0, 0.05) is 55.9 Å². The van der Waals surface area contributed by atoms with E-state index in [1.807, 2.05) is 53.5 Å². The van der Waals surface area contributed by atoms with Crippen molar-refractivity contribution in [1.82, 2.24) is 15.2 Å². The number of anilines is 1. The van der Waals surface area contributed by atoms with Gasteiger partial charge in [-0.05, 0) is 19.2 Å². The molecule has 1 aromatic carbocycles. The average Bonchev–Trinajstić information content (AvgIpc) is 2.81. The van der Waals surface area contributed by atoms with Crippen LogP contribution in [0.15, 0.2) is 70.9 Å². The number of carbonyl (C=O) groups excluding carboxylic acids is 2. The summed E-state index contributed by atoms with van der Waals surface area (Å²) in [5.41, 5.74) is 10.9. The highest BCUT2D eigenvalue weighted by atomic mass is 16.2.